The average Bonchev–Trinajstić information content (AvgIpc) is 2.38. The third-order valence-corrected chi connectivity index (χ3v) is 2.11. The smallest absolute Gasteiger partial charge is 0.255 e. The number of aromatic nitrogens is 1. The molecule has 7 nitrogen and oxygen atoms in total. The van der Waals surface area contributed by atoms with Crippen LogP contribution in [0.5, 0.6) is 0 Å². The summed E-state index contributed by atoms with van der Waals surface area (Å²) in [5.41, 5.74) is 2.68. The minimum Gasteiger partial charge on any atom is -0.359 e. The molecule has 0 bridgehead atoms. The Kier molecular flexibility index (Phi) is 4.89. The van der Waals surface area contributed by atoms with Gasteiger partial charge in [0, 0.05) is 26.2 Å². The number of nitrogens with two attached hydrogens (primary N) is 1. The Bertz CT molecular complexity index is 407. The van der Waals surface area contributed by atoms with Crippen molar-refractivity contribution in [2.45, 2.75) is 6.42 Å². The van der Waals surface area contributed by atoms with E-state index >= 15 is 0 Å². The maximum atomic E-state index is 11.7. The lowest BCUT2D eigenvalue weighted by Gasteiger charge is -2.08. The molecule has 17 heavy (non-hydrogen) atoms. The quantitative estimate of drug-likeness (QED) is 0.397. The summed E-state index contributed by atoms with van der Waals surface area (Å²) in [4.78, 5) is 26.6. The van der Waals surface area contributed by atoms with Crippen LogP contribution < -0.4 is 21.9 Å². The fourth-order valence-electron chi connectivity index (χ4n) is 1.21. The molecule has 0 saturated heterocycles. The number of pyridine rings is 1. The van der Waals surface area contributed by atoms with E-state index in [9.17, 15) is 9.59 Å². The van der Waals surface area contributed by atoms with E-state index in [4.69, 9.17) is 5.84 Å². The van der Waals surface area contributed by atoms with Gasteiger partial charge in [-0.3, -0.25) is 9.59 Å². The molecular formula is C10H15N5O2. The normalized spacial score (nSPS) is 9.53. The Morgan fingerprint density at radius 3 is 2.88 bits per heavy atom. The number of hydrogen-bond donors (Lipinski definition) is 4. The summed E-state index contributed by atoms with van der Waals surface area (Å²) in [6.07, 6.45) is 1.75. The van der Waals surface area contributed by atoms with Crippen LogP contribution in [0.15, 0.2) is 18.3 Å². The van der Waals surface area contributed by atoms with Crippen LogP contribution in [0.25, 0.3) is 0 Å². The molecule has 1 aromatic rings. The number of amides is 2. The summed E-state index contributed by atoms with van der Waals surface area (Å²) in [6, 6.07) is 3.23. The third-order valence-electron chi connectivity index (χ3n) is 2.11. The Morgan fingerprint density at radius 1 is 1.47 bits per heavy atom. The van der Waals surface area contributed by atoms with Crippen LogP contribution in [0.1, 0.15) is 16.8 Å². The molecule has 1 rings (SSSR count). The molecule has 0 atom stereocenters. The van der Waals surface area contributed by atoms with Gasteiger partial charge in [-0.05, 0) is 12.1 Å². The van der Waals surface area contributed by atoms with Gasteiger partial charge in [0.15, 0.2) is 5.82 Å². The Balaban J connectivity index is 2.55. The number of rotatable bonds is 5. The summed E-state index contributed by atoms with van der Waals surface area (Å²) in [7, 11) is 1.54. The van der Waals surface area contributed by atoms with Crippen molar-refractivity contribution in [3.05, 3.63) is 23.9 Å². The minimum atomic E-state index is -0.324. The first-order chi connectivity index (χ1) is 8.19. The SMILES string of the molecule is CNC(=O)CCNC(=O)c1cccnc1NN. The van der Waals surface area contributed by atoms with Crippen LogP contribution in [0.2, 0.25) is 0 Å². The van der Waals surface area contributed by atoms with Gasteiger partial charge in [0.25, 0.3) is 5.91 Å². The van der Waals surface area contributed by atoms with E-state index in [-0.39, 0.29) is 24.8 Å². The van der Waals surface area contributed by atoms with Gasteiger partial charge >= 0.3 is 0 Å². The fraction of sp³-hybridized carbons (Fsp3) is 0.300. The molecule has 7 heteroatoms. The van der Waals surface area contributed by atoms with Gasteiger partial charge in [0.1, 0.15) is 0 Å². The second kappa shape index (κ2) is 6.44. The number of carbonyl (C=O) groups excluding carboxylic acids is 2. The first kappa shape index (κ1) is 12.9. The van der Waals surface area contributed by atoms with Gasteiger partial charge in [0.2, 0.25) is 5.91 Å². The Hall–Kier alpha value is -2.15. The summed E-state index contributed by atoms with van der Waals surface area (Å²) in [5, 5.41) is 5.07. The maximum Gasteiger partial charge on any atom is 0.255 e. The van der Waals surface area contributed by atoms with Gasteiger partial charge in [0.05, 0.1) is 5.56 Å². The molecule has 5 N–H and O–H groups in total. The van der Waals surface area contributed by atoms with Crippen LogP contribution in [-0.4, -0.2) is 30.4 Å². The highest BCUT2D eigenvalue weighted by molar-refractivity contribution is 5.98. The van der Waals surface area contributed by atoms with Gasteiger partial charge in [-0.25, -0.2) is 10.8 Å². The van der Waals surface area contributed by atoms with Crippen molar-refractivity contribution < 1.29 is 9.59 Å². The molecule has 0 saturated carbocycles. The number of nitrogens with zero attached hydrogens (tertiary/aromatic N) is 1. The molecule has 0 spiro atoms. The van der Waals surface area contributed by atoms with Crippen molar-refractivity contribution in [2.24, 2.45) is 5.84 Å². The number of carbonyl (C=O) groups is 2. The number of hydrogen-bond acceptors (Lipinski definition) is 5. The lowest BCUT2D eigenvalue weighted by Crippen LogP contribution is -2.30. The summed E-state index contributed by atoms with van der Waals surface area (Å²) >= 11 is 0. The molecule has 0 unspecified atom stereocenters. The van der Waals surface area contributed by atoms with E-state index in [1.807, 2.05) is 0 Å². The molecule has 0 fully saturated rings. The Labute approximate surface area is 98.8 Å². The molecule has 0 aliphatic rings. The highest BCUT2D eigenvalue weighted by Gasteiger charge is 2.10. The minimum absolute atomic E-state index is 0.131. The van der Waals surface area contributed by atoms with Crippen molar-refractivity contribution in [3.8, 4) is 0 Å². The van der Waals surface area contributed by atoms with Crippen molar-refractivity contribution in [1.82, 2.24) is 15.6 Å². The molecule has 1 aromatic heterocycles. The van der Waals surface area contributed by atoms with Crippen LogP contribution in [0, 0.1) is 0 Å². The first-order valence-electron chi connectivity index (χ1n) is 5.09. The highest BCUT2D eigenvalue weighted by Crippen LogP contribution is 2.08. The number of nitrogen functional groups attached to an aromatic ring is 1. The molecule has 0 radical (unpaired) electrons. The van der Waals surface area contributed by atoms with Crippen LogP contribution in [0.4, 0.5) is 5.82 Å². The van der Waals surface area contributed by atoms with Crippen LogP contribution in [-0.2, 0) is 4.79 Å². The van der Waals surface area contributed by atoms with E-state index in [1.54, 1.807) is 19.2 Å². The largest absolute Gasteiger partial charge is 0.359 e. The summed E-state index contributed by atoms with van der Waals surface area (Å²) in [6.45, 7) is 0.261. The number of hydrazine groups is 1. The van der Waals surface area contributed by atoms with Crippen molar-refractivity contribution in [1.29, 1.82) is 0 Å². The second-order valence-electron chi connectivity index (χ2n) is 3.22. The zero-order chi connectivity index (χ0) is 12.7. The monoisotopic (exact) mass is 237 g/mol. The van der Waals surface area contributed by atoms with E-state index in [2.05, 4.69) is 21.0 Å². The van der Waals surface area contributed by atoms with Gasteiger partial charge < -0.3 is 16.1 Å². The van der Waals surface area contributed by atoms with Crippen molar-refractivity contribution >= 4 is 17.6 Å². The summed E-state index contributed by atoms with van der Waals surface area (Å²) in [5.74, 6) is 5.07. The van der Waals surface area contributed by atoms with Crippen molar-refractivity contribution in [2.75, 3.05) is 19.0 Å². The standard InChI is InChI=1S/C10H15N5O2/c1-12-8(16)4-6-14-10(17)7-3-2-5-13-9(7)15-11/h2-3,5H,4,6,11H2,1H3,(H,12,16)(H,13,15)(H,14,17). The van der Waals surface area contributed by atoms with E-state index in [1.165, 1.54) is 6.20 Å². The Morgan fingerprint density at radius 2 is 2.24 bits per heavy atom. The van der Waals surface area contributed by atoms with Gasteiger partial charge in [-0.1, -0.05) is 0 Å². The lowest BCUT2D eigenvalue weighted by atomic mass is 10.2. The van der Waals surface area contributed by atoms with Crippen LogP contribution >= 0.6 is 0 Å². The topological polar surface area (TPSA) is 109 Å². The van der Waals surface area contributed by atoms with Crippen LogP contribution in [0.3, 0.4) is 0 Å². The average molecular weight is 237 g/mol. The number of anilines is 1. The predicted molar refractivity (Wildman–Crippen MR) is 63.1 cm³/mol. The van der Waals surface area contributed by atoms with Crippen molar-refractivity contribution in [3.63, 3.8) is 0 Å². The third kappa shape index (κ3) is 3.72. The molecular weight excluding hydrogens is 222 g/mol. The molecule has 0 aliphatic carbocycles. The van der Waals surface area contributed by atoms with E-state index in [0.29, 0.717) is 11.4 Å². The molecule has 0 aromatic carbocycles. The zero-order valence-electron chi connectivity index (χ0n) is 9.49. The molecule has 2 amide bonds. The maximum absolute atomic E-state index is 11.7. The first-order valence-corrected chi connectivity index (χ1v) is 5.09. The molecule has 1 heterocycles. The van der Waals surface area contributed by atoms with E-state index in [0.717, 1.165) is 0 Å². The fourth-order valence-corrected chi connectivity index (χ4v) is 1.21. The summed E-state index contributed by atoms with van der Waals surface area (Å²) < 4.78 is 0. The second-order valence-corrected chi connectivity index (χ2v) is 3.22. The molecule has 0 aliphatic heterocycles. The lowest BCUT2D eigenvalue weighted by molar-refractivity contribution is -0.120. The predicted octanol–water partition coefficient (Wildman–Crippen LogP) is -0.767. The van der Waals surface area contributed by atoms with Gasteiger partial charge in [-0.2, -0.15) is 0 Å². The number of nitrogens with one attached hydrogen (secondary N) is 3. The van der Waals surface area contributed by atoms with E-state index < -0.39 is 0 Å². The molecule has 92 valence electrons. The van der Waals surface area contributed by atoms with Gasteiger partial charge in [-0.15, -0.1) is 0 Å². The zero-order valence-corrected chi connectivity index (χ0v) is 9.49. The highest BCUT2D eigenvalue weighted by atomic mass is 16.2.